The molecule has 1 aromatic rings. The third-order valence-corrected chi connectivity index (χ3v) is 5.58. The highest BCUT2D eigenvalue weighted by molar-refractivity contribution is 7.90. The van der Waals surface area contributed by atoms with Crippen molar-refractivity contribution in [2.75, 3.05) is 24.6 Å². The molecular weight excluding hydrogens is 326 g/mol. The van der Waals surface area contributed by atoms with Gasteiger partial charge in [0.05, 0.1) is 21.4 Å². The number of anilines is 1. The molecule has 114 valence electrons. The van der Waals surface area contributed by atoms with Crippen LogP contribution in [0.15, 0.2) is 23.1 Å². The maximum absolute atomic E-state index is 11.9. The van der Waals surface area contributed by atoms with Crippen molar-refractivity contribution >= 4 is 37.3 Å². The van der Waals surface area contributed by atoms with Crippen molar-refractivity contribution in [2.24, 2.45) is 0 Å². The summed E-state index contributed by atoms with van der Waals surface area (Å²) in [7, 11) is -7.29. The highest BCUT2D eigenvalue weighted by atomic mass is 35.5. The minimum Gasteiger partial charge on any atom is -0.397 e. The number of sulfonamides is 2. The minimum absolute atomic E-state index is 0.0692. The van der Waals surface area contributed by atoms with E-state index in [2.05, 4.69) is 9.44 Å². The van der Waals surface area contributed by atoms with Gasteiger partial charge in [-0.25, -0.2) is 26.3 Å². The van der Waals surface area contributed by atoms with Crippen molar-refractivity contribution in [3.05, 3.63) is 23.2 Å². The summed E-state index contributed by atoms with van der Waals surface area (Å²) in [5.74, 6) is -0.344. The average Bonchev–Trinajstić information content (AvgIpc) is 2.31. The maximum atomic E-state index is 11.9. The minimum atomic E-state index is -3.82. The summed E-state index contributed by atoms with van der Waals surface area (Å²) in [5, 5.41) is 0.249. The molecule has 0 atom stereocenters. The number of nitrogen functional groups attached to an aromatic ring is 1. The highest BCUT2D eigenvalue weighted by Crippen LogP contribution is 2.21. The van der Waals surface area contributed by atoms with E-state index < -0.39 is 20.0 Å². The topological polar surface area (TPSA) is 118 Å². The monoisotopic (exact) mass is 341 g/mol. The Hall–Kier alpha value is -0.870. The van der Waals surface area contributed by atoms with Crippen LogP contribution in [0.3, 0.4) is 0 Å². The van der Waals surface area contributed by atoms with Crippen LogP contribution in [-0.2, 0) is 20.0 Å². The first-order valence-corrected chi connectivity index (χ1v) is 9.21. The second kappa shape index (κ2) is 6.72. The van der Waals surface area contributed by atoms with Gasteiger partial charge in [-0.05, 0) is 18.2 Å². The lowest BCUT2D eigenvalue weighted by Crippen LogP contribution is -2.34. The number of hydrogen-bond donors (Lipinski definition) is 3. The number of rotatable bonds is 7. The Kier molecular flexibility index (Phi) is 5.78. The molecule has 0 saturated heterocycles. The molecule has 0 aliphatic rings. The van der Waals surface area contributed by atoms with Crippen LogP contribution in [0.25, 0.3) is 0 Å². The number of nitrogens with one attached hydrogen (secondary N) is 2. The molecule has 0 spiro atoms. The molecule has 0 aliphatic heterocycles. The predicted octanol–water partition coefficient (Wildman–Crippen LogP) is 0.140. The van der Waals surface area contributed by atoms with E-state index >= 15 is 0 Å². The van der Waals surface area contributed by atoms with Gasteiger partial charge in [-0.1, -0.05) is 18.5 Å². The fourth-order valence-corrected chi connectivity index (χ4v) is 3.64. The van der Waals surface area contributed by atoms with Crippen molar-refractivity contribution in [2.45, 2.75) is 11.8 Å². The number of halogens is 1. The zero-order valence-corrected chi connectivity index (χ0v) is 13.1. The van der Waals surface area contributed by atoms with Gasteiger partial charge in [0, 0.05) is 13.1 Å². The molecule has 1 rings (SSSR count). The van der Waals surface area contributed by atoms with Crippen LogP contribution in [0.1, 0.15) is 6.92 Å². The van der Waals surface area contributed by atoms with Crippen LogP contribution < -0.4 is 15.2 Å². The van der Waals surface area contributed by atoms with E-state index in [1.807, 2.05) is 0 Å². The van der Waals surface area contributed by atoms with Crippen molar-refractivity contribution in [3.63, 3.8) is 0 Å². The summed E-state index contributed by atoms with van der Waals surface area (Å²) in [5.41, 5.74) is 5.66. The molecule has 10 heteroatoms. The molecule has 0 radical (unpaired) electrons. The Balaban J connectivity index is 2.74. The van der Waals surface area contributed by atoms with Crippen LogP contribution >= 0.6 is 11.6 Å². The number of hydrogen-bond acceptors (Lipinski definition) is 5. The van der Waals surface area contributed by atoms with Crippen LogP contribution in [0.2, 0.25) is 5.02 Å². The van der Waals surface area contributed by atoms with Gasteiger partial charge in [-0.3, -0.25) is 0 Å². The molecule has 0 fully saturated rings. The number of benzene rings is 1. The summed E-state index contributed by atoms with van der Waals surface area (Å²) in [6.07, 6.45) is 0. The van der Waals surface area contributed by atoms with Gasteiger partial charge >= 0.3 is 0 Å². The molecule has 20 heavy (non-hydrogen) atoms. The Morgan fingerprint density at radius 2 is 1.85 bits per heavy atom. The standard InChI is InChI=1S/C10H16ClN3O4S2/c1-2-13-19(15,16)6-5-14-20(17,18)8-3-4-9(11)10(12)7-8/h3-4,7,13-14H,2,5-6,12H2,1H3. The molecule has 7 nitrogen and oxygen atoms in total. The summed E-state index contributed by atoms with van der Waals surface area (Å²) in [6.45, 7) is 1.65. The molecule has 4 N–H and O–H groups in total. The van der Waals surface area contributed by atoms with Gasteiger partial charge in [0.25, 0.3) is 0 Å². The molecule has 0 unspecified atom stereocenters. The third-order valence-electron chi connectivity index (χ3n) is 2.30. The molecule has 0 aromatic heterocycles. The molecular formula is C10H16ClN3O4S2. The zero-order chi connectivity index (χ0) is 15.4. The third kappa shape index (κ3) is 4.91. The fraction of sp³-hybridized carbons (Fsp3) is 0.400. The summed E-state index contributed by atoms with van der Waals surface area (Å²) in [6, 6.07) is 3.87. The fourth-order valence-electron chi connectivity index (χ4n) is 1.37. The van der Waals surface area contributed by atoms with E-state index in [0.717, 1.165) is 0 Å². The second-order valence-corrected chi connectivity index (χ2v) is 8.00. The lowest BCUT2D eigenvalue weighted by atomic mass is 10.3. The second-order valence-electron chi connectivity index (χ2n) is 3.90. The predicted molar refractivity (Wildman–Crippen MR) is 78.5 cm³/mol. The van der Waals surface area contributed by atoms with Crippen LogP contribution in [-0.4, -0.2) is 35.7 Å². The average molecular weight is 342 g/mol. The zero-order valence-electron chi connectivity index (χ0n) is 10.8. The normalized spacial score (nSPS) is 12.5. The van der Waals surface area contributed by atoms with Crippen molar-refractivity contribution in [3.8, 4) is 0 Å². The SMILES string of the molecule is CCNS(=O)(=O)CCNS(=O)(=O)c1ccc(Cl)c(N)c1. The van der Waals surface area contributed by atoms with E-state index in [1.54, 1.807) is 6.92 Å². The Morgan fingerprint density at radius 1 is 1.20 bits per heavy atom. The van der Waals surface area contributed by atoms with E-state index in [1.165, 1.54) is 18.2 Å². The first kappa shape index (κ1) is 17.2. The van der Waals surface area contributed by atoms with Gasteiger partial charge < -0.3 is 5.73 Å². The summed E-state index contributed by atoms with van der Waals surface area (Å²) >= 11 is 5.70. The molecule has 1 aromatic carbocycles. The van der Waals surface area contributed by atoms with Crippen molar-refractivity contribution in [1.82, 2.24) is 9.44 Å². The van der Waals surface area contributed by atoms with Gasteiger partial charge in [0.15, 0.2) is 0 Å². The molecule has 0 amide bonds. The van der Waals surface area contributed by atoms with Gasteiger partial charge in [-0.15, -0.1) is 0 Å². The van der Waals surface area contributed by atoms with E-state index in [-0.39, 0.29) is 34.4 Å². The van der Waals surface area contributed by atoms with E-state index in [4.69, 9.17) is 17.3 Å². The number of nitrogens with two attached hydrogens (primary N) is 1. The Bertz CT molecular complexity index is 674. The quantitative estimate of drug-likeness (QED) is 0.609. The summed E-state index contributed by atoms with van der Waals surface area (Å²) < 4.78 is 51.0. The Morgan fingerprint density at radius 3 is 2.40 bits per heavy atom. The first-order chi connectivity index (χ1) is 9.18. The van der Waals surface area contributed by atoms with Crippen LogP contribution in [0, 0.1) is 0 Å². The molecule has 0 heterocycles. The lowest BCUT2D eigenvalue weighted by Gasteiger charge is -2.08. The van der Waals surface area contributed by atoms with Gasteiger partial charge in [-0.2, -0.15) is 0 Å². The maximum Gasteiger partial charge on any atom is 0.240 e. The molecule has 0 aliphatic carbocycles. The molecule has 0 bridgehead atoms. The smallest absolute Gasteiger partial charge is 0.240 e. The first-order valence-electron chi connectivity index (χ1n) is 5.70. The van der Waals surface area contributed by atoms with Crippen LogP contribution in [0.4, 0.5) is 5.69 Å². The van der Waals surface area contributed by atoms with Gasteiger partial charge in [0.2, 0.25) is 20.0 Å². The lowest BCUT2D eigenvalue weighted by molar-refractivity contribution is 0.576. The highest BCUT2D eigenvalue weighted by Gasteiger charge is 2.16. The van der Waals surface area contributed by atoms with Crippen LogP contribution in [0.5, 0.6) is 0 Å². The van der Waals surface area contributed by atoms with Gasteiger partial charge in [0.1, 0.15) is 0 Å². The Labute approximate surface area is 123 Å². The molecule has 0 saturated carbocycles. The summed E-state index contributed by atoms with van der Waals surface area (Å²) in [4.78, 5) is -0.0692. The van der Waals surface area contributed by atoms with E-state index in [9.17, 15) is 16.8 Å². The van der Waals surface area contributed by atoms with Crippen molar-refractivity contribution in [1.29, 1.82) is 0 Å². The largest absolute Gasteiger partial charge is 0.397 e. The van der Waals surface area contributed by atoms with Crippen molar-refractivity contribution < 1.29 is 16.8 Å². The van der Waals surface area contributed by atoms with E-state index in [0.29, 0.717) is 0 Å².